The van der Waals surface area contributed by atoms with Gasteiger partial charge in [-0.05, 0) is 35.9 Å². The summed E-state index contributed by atoms with van der Waals surface area (Å²) in [5, 5.41) is 12.5. The lowest BCUT2D eigenvalue weighted by atomic mass is 9.96. The second-order valence-corrected chi connectivity index (χ2v) is 6.60. The number of methoxy groups -OCH3 is 1. The molecule has 0 aliphatic carbocycles. The van der Waals surface area contributed by atoms with Crippen molar-refractivity contribution in [2.45, 2.75) is 26.3 Å². The SMILES string of the molecule is CCOC(=O)C1CC[NH+](Cc2c(O)ccc3ccc(OC)cc23)CC1. The number of benzene rings is 2. The molecule has 0 aromatic heterocycles. The largest absolute Gasteiger partial charge is 0.507 e. The standard InChI is InChI=1S/C20H25NO4/c1-3-25-20(23)15-8-10-21(11-9-15)13-18-17-12-16(24-2)6-4-14(17)5-7-19(18)22/h4-7,12,15,22H,3,8-11,13H2,1-2H3/p+1. The van der Waals surface area contributed by atoms with E-state index in [9.17, 15) is 9.90 Å². The molecule has 0 spiro atoms. The van der Waals surface area contributed by atoms with Crippen LogP contribution >= 0.6 is 0 Å². The van der Waals surface area contributed by atoms with Gasteiger partial charge in [0, 0.05) is 12.8 Å². The minimum atomic E-state index is -0.0701. The first-order valence-electron chi connectivity index (χ1n) is 8.91. The molecule has 1 aliphatic rings. The van der Waals surface area contributed by atoms with Crippen molar-refractivity contribution in [3.05, 3.63) is 35.9 Å². The molecular weight excluding hydrogens is 318 g/mol. The first-order valence-corrected chi connectivity index (χ1v) is 8.91. The molecular formula is C20H26NO4+. The predicted octanol–water partition coefficient (Wildman–Crippen LogP) is 1.91. The van der Waals surface area contributed by atoms with E-state index in [1.807, 2.05) is 31.2 Å². The van der Waals surface area contributed by atoms with E-state index in [4.69, 9.17) is 9.47 Å². The first-order chi connectivity index (χ1) is 12.1. The van der Waals surface area contributed by atoms with E-state index < -0.39 is 0 Å². The zero-order chi connectivity index (χ0) is 17.8. The number of nitrogens with one attached hydrogen (secondary N) is 1. The number of likely N-dealkylation sites (tertiary alicyclic amines) is 1. The number of phenols is 1. The van der Waals surface area contributed by atoms with Gasteiger partial charge >= 0.3 is 5.97 Å². The molecule has 0 saturated carbocycles. The van der Waals surface area contributed by atoms with Crippen molar-refractivity contribution in [1.29, 1.82) is 0 Å². The van der Waals surface area contributed by atoms with Crippen LogP contribution in [0.15, 0.2) is 30.3 Å². The maximum Gasteiger partial charge on any atom is 0.309 e. The third kappa shape index (κ3) is 3.87. The fraction of sp³-hybridized carbons (Fsp3) is 0.450. The highest BCUT2D eigenvalue weighted by molar-refractivity contribution is 5.88. The molecule has 25 heavy (non-hydrogen) atoms. The van der Waals surface area contributed by atoms with Gasteiger partial charge in [0.15, 0.2) is 0 Å². The molecule has 0 amide bonds. The molecule has 0 unspecified atom stereocenters. The van der Waals surface area contributed by atoms with E-state index in [1.165, 1.54) is 4.90 Å². The summed E-state index contributed by atoms with van der Waals surface area (Å²) in [6, 6.07) is 9.61. The van der Waals surface area contributed by atoms with Crippen LogP contribution in [0.4, 0.5) is 0 Å². The number of carbonyl (C=O) groups is 1. The van der Waals surface area contributed by atoms with Crippen LogP contribution in [-0.2, 0) is 16.1 Å². The third-order valence-electron chi connectivity index (χ3n) is 5.05. The number of fused-ring (bicyclic) bond motifs is 1. The number of quaternary nitrogens is 1. The van der Waals surface area contributed by atoms with Gasteiger partial charge in [-0.15, -0.1) is 0 Å². The van der Waals surface area contributed by atoms with Crippen molar-refractivity contribution >= 4 is 16.7 Å². The highest BCUT2D eigenvalue weighted by atomic mass is 16.5. The number of phenolic OH excluding ortho intramolecular Hbond substituents is 1. The summed E-state index contributed by atoms with van der Waals surface area (Å²) in [6.45, 7) is 4.84. The molecule has 3 rings (SSSR count). The summed E-state index contributed by atoms with van der Waals surface area (Å²) in [5.41, 5.74) is 0.945. The van der Waals surface area contributed by atoms with E-state index in [1.54, 1.807) is 13.2 Å². The summed E-state index contributed by atoms with van der Waals surface area (Å²) in [4.78, 5) is 13.3. The van der Waals surface area contributed by atoms with Crippen LogP contribution in [0.1, 0.15) is 25.3 Å². The molecule has 0 bridgehead atoms. The average molecular weight is 344 g/mol. The summed E-state index contributed by atoms with van der Waals surface area (Å²) in [7, 11) is 1.65. The van der Waals surface area contributed by atoms with Crippen molar-refractivity contribution in [3.8, 4) is 11.5 Å². The van der Waals surface area contributed by atoms with E-state index >= 15 is 0 Å². The predicted molar refractivity (Wildman–Crippen MR) is 95.9 cm³/mol. The number of hydrogen-bond acceptors (Lipinski definition) is 4. The Morgan fingerprint density at radius 2 is 1.96 bits per heavy atom. The Morgan fingerprint density at radius 1 is 1.24 bits per heavy atom. The van der Waals surface area contributed by atoms with Gasteiger partial charge < -0.3 is 19.5 Å². The van der Waals surface area contributed by atoms with Crippen LogP contribution in [0.25, 0.3) is 10.8 Å². The third-order valence-corrected chi connectivity index (χ3v) is 5.05. The molecule has 1 aliphatic heterocycles. The molecule has 1 fully saturated rings. The Morgan fingerprint density at radius 3 is 2.64 bits per heavy atom. The fourth-order valence-corrected chi connectivity index (χ4v) is 3.61. The second kappa shape index (κ2) is 7.74. The summed E-state index contributed by atoms with van der Waals surface area (Å²) < 4.78 is 10.5. The van der Waals surface area contributed by atoms with Gasteiger partial charge in [0.1, 0.15) is 18.0 Å². The monoisotopic (exact) mass is 344 g/mol. The summed E-state index contributed by atoms with van der Waals surface area (Å²) >= 11 is 0. The molecule has 0 atom stereocenters. The molecule has 1 saturated heterocycles. The highest BCUT2D eigenvalue weighted by Gasteiger charge is 2.29. The van der Waals surface area contributed by atoms with Gasteiger partial charge in [-0.2, -0.15) is 0 Å². The molecule has 2 aromatic rings. The zero-order valence-corrected chi connectivity index (χ0v) is 14.9. The van der Waals surface area contributed by atoms with E-state index in [0.29, 0.717) is 12.4 Å². The molecule has 5 heteroatoms. The Hall–Kier alpha value is -2.27. The number of hydrogen-bond donors (Lipinski definition) is 2. The lowest BCUT2D eigenvalue weighted by Crippen LogP contribution is -3.11. The van der Waals surface area contributed by atoms with E-state index in [-0.39, 0.29) is 11.9 Å². The normalized spacial score (nSPS) is 20.4. The number of ether oxygens (including phenoxy) is 2. The minimum absolute atomic E-state index is 0.0184. The average Bonchev–Trinajstić information content (AvgIpc) is 2.64. The van der Waals surface area contributed by atoms with Gasteiger partial charge in [0.05, 0.1) is 38.3 Å². The highest BCUT2D eigenvalue weighted by Crippen LogP contribution is 2.29. The van der Waals surface area contributed by atoms with Crippen molar-refractivity contribution in [2.75, 3.05) is 26.8 Å². The molecule has 1 heterocycles. The fourth-order valence-electron chi connectivity index (χ4n) is 3.61. The molecule has 2 N–H and O–H groups in total. The summed E-state index contributed by atoms with van der Waals surface area (Å²) in [5.74, 6) is 1.06. The van der Waals surface area contributed by atoms with Crippen molar-refractivity contribution < 1.29 is 24.3 Å². The minimum Gasteiger partial charge on any atom is -0.507 e. The van der Waals surface area contributed by atoms with Gasteiger partial charge in [-0.1, -0.05) is 12.1 Å². The number of esters is 1. The number of rotatable bonds is 5. The van der Waals surface area contributed by atoms with Crippen LogP contribution in [0.2, 0.25) is 0 Å². The maximum absolute atomic E-state index is 11.9. The van der Waals surface area contributed by atoms with E-state index in [2.05, 4.69) is 0 Å². The van der Waals surface area contributed by atoms with Crippen molar-refractivity contribution in [3.63, 3.8) is 0 Å². The molecule has 0 radical (unpaired) electrons. The van der Waals surface area contributed by atoms with Gasteiger partial charge in [0.25, 0.3) is 0 Å². The quantitative estimate of drug-likeness (QED) is 0.814. The Bertz CT molecular complexity index is 751. The van der Waals surface area contributed by atoms with Crippen LogP contribution in [0, 0.1) is 5.92 Å². The Kier molecular flexibility index (Phi) is 5.43. The summed E-state index contributed by atoms with van der Waals surface area (Å²) in [6.07, 6.45) is 1.67. The van der Waals surface area contributed by atoms with Gasteiger partial charge in [0.2, 0.25) is 0 Å². The second-order valence-electron chi connectivity index (χ2n) is 6.60. The smallest absolute Gasteiger partial charge is 0.309 e. The number of piperidine rings is 1. The van der Waals surface area contributed by atoms with Crippen LogP contribution in [0.3, 0.4) is 0 Å². The van der Waals surface area contributed by atoms with Gasteiger partial charge in [-0.25, -0.2) is 0 Å². The van der Waals surface area contributed by atoms with Crippen LogP contribution < -0.4 is 9.64 Å². The zero-order valence-electron chi connectivity index (χ0n) is 14.9. The Balaban J connectivity index is 1.75. The van der Waals surface area contributed by atoms with Crippen molar-refractivity contribution in [2.24, 2.45) is 5.92 Å². The lowest BCUT2D eigenvalue weighted by molar-refractivity contribution is -0.919. The molecule has 134 valence electrons. The number of aromatic hydroxyl groups is 1. The van der Waals surface area contributed by atoms with Crippen LogP contribution in [0.5, 0.6) is 11.5 Å². The molecule has 2 aromatic carbocycles. The first kappa shape index (κ1) is 17.5. The maximum atomic E-state index is 11.9. The Labute approximate surface area is 148 Å². The molecule has 5 nitrogen and oxygen atoms in total. The lowest BCUT2D eigenvalue weighted by Gasteiger charge is -2.28. The topological polar surface area (TPSA) is 60.2 Å². The van der Waals surface area contributed by atoms with Crippen molar-refractivity contribution in [1.82, 2.24) is 0 Å². The number of carbonyl (C=O) groups excluding carboxylic acids is 1. The van der Waals surface area contributed by atoms with Crippen LogP contribution in [-0.4, -0.2) is 37.9 Å². The van der Waals surface area contributed by atoms with Gasteiger partial charge in [-0.3, -0.25) is 4.79 Å². The van der Waals surface area contributed by atoms with E-state index in [0.717, 1.165) is 54.6 Å².